The molecule has 1 amide bonds. The molecule has 0 aromatic heterocycles. The molecule has 1 aliphatic rings. The lowest BCUT2D eigenvalue weighted by Crippen LogP contribution is -2.36. The van der Waals surface area contributed by atoms with E-state index >= 15 is 0 Å². The fourth-order valence-corrected chi connectivity index (χ4v) is 2.29. The van der Waals surface area contributed by atoms with Crippen molar-refractivity contribution in [3.05, 3.63) is 29.8 Å². The Hall–Kier alpha value is -1.55. The first-order valence-electron chi connectivity index (χ1n) is 6.94. The van der Waals surface area contributed by atoms with Crippen molar-refractivity contribution in [3.63, 3.8) is 0 Å². The molecular formula is C15H22N2O2. The van der Waals surface area contributed by atoms with E-state index in [-0.39, 0.29) is 18.0 Å². The van der Waals surface area contributed by atoms with E-state index in [4.69, 9.17) is 4.74 Å². The molecule has 4 nitrogen and oxygen atoms in total. The first kappa shape index (κ1) is 13.9. The molecule has 1 saturated heterocycles. The monoisotopic (exact) mass is 262 g/mol. The number of carbonyl (C=O) groups excluding carboxylic acids is 1. The van der Waals surface area contributed by atoms with Crippen LogP contribution in [-0.4, -0.2) is 25.1 Å². The third kappa shape index (κ3) is 3.96. The van der Waals surface area contributed by atoms with Gasteiger partial charge >= 0.3 is 0 Å². The summed E-state index contributed by atoms with van der Waals surface area (Å²) in [7, 11) is 0. The molecule has 0 bridgehead atoms. The van der Waals surface area contributed by atoms with Crippen molar-refractivity contribution in [2.24, 2.45) is 0 Å². The van der Waals surface area contributed by atoms with E-state index < -0.39 is 0 Å². The molecule has 2 rings (SSSR count). The Labute approximate surface area is 114 Å². The molecule has 1 aliphatic heterocycles. The van der Waals surface area contributed by atoms with Crippen LogP contribution in [0, 0.1) is 0 Å². The van der Waals surface area contributed by atoms with Crippen molar-refractivity contribution < 1.29 is 9.53 Å². The quantitative estimate of drug-likeness (QED) is 0.824. The normalized spacial score (nSPS) is 20.1. The van der Waals surface area contributed by atoms with Crippen molar-refractivity contribution >= 4 is 5.91 Å². The number of carbonyl (C=O) groups is 1. The van der Waals surface area contributed by atoms with Crippen molar-refractivity contribution in [1.29, 1.82) is 0 Å². The third-order valence-electron chi connectivity index (χ3n) is 3.45. The second-order valence-electron chi connectivity index (χ2n) is 4.94. The smallest absolute Gasteiger partial charge is 0.220 e. The van der Waals surface area contributed by atoms with Crippen LogP contribution >= 0.6 is 0 Å². The molecule has 0 aliphatic carbocycles. The summed E-state index contributed by atoms with van der Waals surface area (Å²) in [5.74, 6) is 1.07. The number of amides is 1. The highest BCUT2D eigenvalue weighted by Crippen LogP contribution is 2.18. The van der Waals surface area contributed by atoms with Gasteiger partial charge in [0.25, 0.3) is 0 Å². The zero-order valence-corrected chi connectivity index (χ0v) is 11.6. The van der Waals surface area contributed by atoms with E-state index in [1.54, 1.807) is 0 Å². The van der Waals surface area contributed by atoms with Gasteiger partial charge in [-0.1, -0.05) is 12.1 Å². The third-order valence-corrected chi connectivity index (χ3v) is 3.45. The molecule has 2 unspecified atom stereocenters. The van der Waals surface area contributed by atoms with Gasteiger partial charge in [-0.25, -0.2) is 0 Å². The van der Waals surface area contributed by atoms with Gasteiger partial charge in [0.2, 0.25) is 5.91 Å². The molecule has 0 spiro atoms. The Balaban J connectivity index is 1.82. The van der Waals surface area contributed by atoms with Gasteiger partial charge < -0.3 is 15.4 Å². The van der Waals surface area contributed by atoms with E-state index in [1.807, 2.05) is 19.1 Å². The van der Waals surface area contributed by atoms with Crippen LogP contribution in [0.3, 0.4) is 0 Å². The van der Waals surface area contributed by atoms with Gasteiger partial charge in [0.1, 0.15) is 5.75 Å². The van der Waals surface area contributed by atoms with Crippen molar-refractivity contribution in [3.8, 4) is 5.75 Å². The number of nitrogens with one attached hydrogen (secondary N) is 2. The lowest BCUT2D eigenvalue weighted by atomic mass is 10.1. The number of rotatable bonds is 6. The summed E-state index contributed by atoms with van der Waals surface area (Å²) >= 11 is 0. The topological polar surface area (TPSA) is 50.4 Å². The molecule has 1 heterocycles. The summed E-state index contributed by atoms with van der Waals surface area (Å²) in [5, 5.41) is 6.42. The summed E-state index contributed by atoms with van der Waals surface area (Å²) in [6.07, 6.45) is 1.59. The van der Waals surface area contributed by atoms with Gasteiger partial charge in [0.05, 0.1) is 6.61 Å². The highest BCUT2D eigenvalue weighted by Gasteiger charge is 2.20. The summed E-state index contributed by atoms with van der Waals surface area (Å²) < 4.78 is 5.43. The zero-order valence-electron chi connectivity index (χ0n) is 11.6. The van der Waals surface area contributed by atoms with Crippen LogP contribution in [0.15, 0.2) is 24.3 Å². The van der Waals surface area contributed by atoms with Crippen molar-refractivity contribution in [2.45, 2.75) is 38.8 Å². The summed E-state index contributed by atoms with van der Waals surface area (Å²) in [6.45, 7) is 5.62. The minimum Gasteiger partial charge on any atom is -0.494 e. The van der Waals surface area contributed by atoms with Gasteiger partial charge in [-0.2, -0.15) is 0 Å². The van der Waals surface area contributed by atoms with Gasteiger partial charge in [-0.05, 0) is 38.0 Å². The summed E-state index contributed by atoms with van der Waals surface area (Å²) in [4.78, 5) is 11.1. The van der Waals surface area contributed by atoms with Gasteiger partial charge in [-0.15, -0.1) is 0 Å². The van der Waals surface area contributed by atoms with E-state index in [2.05, 4.69) is 29.7 Å². The molecule has 19 heavy (non-hydrogen) atoms. The molecule has 4 heteroatoms. The Morgan fingerprint density at radius 1 is 1.42 bits per heavy atom. The molecule has 1 fully saturated rings. The van der Waals surface area contributed by atoms with E-state index in [0.29, 0.717) is 13.0 Å². The van der Waals surface area contributed by atoms with E-state index in [9.17, 15) is 4.79 Å². The largest absolute Gasteiger partial charge is 0.494 e. The lowest BCUT2D eigenvalue weighted by Gasteiger charge is -2.18. The van der Waals surface area contributed by atoms with Crippen LogP contribution in [-0.2, 0) is 4.79 Å². The van der Waals surface area contributed by atoms with Crippen LogP contribution in [0.25, 0.3) is 0 Å². The average Bonchev–Trinajstić information content (AvgIpc) is 2.83. The molecule has 2 atom stereocenters. The molecule has 1 aromatic carbocycles. The Bertz CT molecular complexity index is 417. The first-order chi connectivity index (χ1) is 9.19. The Morgan fingerprint density at radius 3 is 2.74 bits per heavy atom. The van der Waals surface area contributed by atoms with Crippen LogP contribution < -0.4 is 15.4 Å². The average molecular weight is 262 g/mol. The molecule has 0 radical (unpaired) electrons. The zero-order chi connectivity index (χ0) is 13.7. The van der Waals surface area contributed by atoms with Crippen molar-refractivity contribution in [2.75, 3.05) is 13.2 Å². The number of ether oxygens (including phenoxy) is 1. The van der Waals surface area contributed by atoms with E-state index in [1.165, 1.54) is 5.56 Å². The second kappa shape index (κ2) is 6.57. The standard InChI is InChI=1S/C15H22N2O2/c1-3-19-14-7-4-12(5-8-14)11(2)16-10-13-6-9-15(18)17-13/h4-5,7-8,11,13,16H,3,6,9-10H2,1-2H3,(H,17,18). The summed E-state index contributed by atoms with van der Waals surface area (Å²) in [5.41, 5.74) is 1.23. The van der Waals surface area contributed by atoms with Gasteiger partial charge in [0.15, 0.2) is 0 Å². The minimum absolute atomic E-state index is 0.167. The van der Waals surface area contributed by atoms with Crippen LogP contribution in [0.4, 0.5) is 0 Å². The maximum absolute atomic E-state index is 11.1. The maximum atomic E-state index is 11.1. The molecular weight excluding hydrogens is 240 g/mol. The molecule has 2 N–H and O–H groups in total. The predicted octanol–water partition coefficient (Wildman–Crippen LogP) is 2.01. The minimum atomic E-state index is 0.167. The van der Waals surface area contributed by atoms with Gasteiger partial charge in [-0.3, -0.25) is 4.79 Å². The van der Waals surface area contributed by atoms with E-state index in [0.717, 1.165) is 18.7 Å². The first-order valence-corrected chi connectivity index (χ1v) is 6.94. The van der Waals surface area contributed by atoms with Crippen LogP contribution in [0.1, 0.15) is 38.3 Å². The lowest BCUT2D eigenvalue weighted by molar-refractivity contribution is -0.119. The highest BCUT2D eigenvalue weighted by atomic mass is 16.5. The molecule has 104 valence electrons. The second-order valence-corrected chi connectivity index (χ2v) is 4.94. The molecule has 0 saturated carbocycles. The number of benzene rings is 1. The Morgan fingerprint density at radius 2 is 2.16 bits per heavy atom. The highest BCUT2D eigenvalue weighted by molar-refractivity contribution is 5.78. The van der Waals surface area contributed by atoms with Crippen molar-refractivity contribution in [1.82, 2.24) is 10.6 Å². The fraction of sp³-hybridized carbons (Fsp3) is 0.533. The molecule has 1 aromatic rings. The summed E-state index contributed by atoms with van der Waals surface area (Å²) in [6, 6.07) is 8.69. The Kier molecular flexibility index (Phi) is 4.80. The fourth-order valence-electron chi connectivity index (χ4n) is 2.29. The van der Waals surface area contributed by atoms with Gasteiger partial charge in [0, 0.05) is 25.0 Å². The SMILES string of the molecule is CCOc1ccc(C(C)NCC2CCC(=O)N2)cc1. The van der Waals surface area contributed by atoms with Crippen LogP contribution in [0.2, 0.25) is 0 Å². The number of hydrogen-bond donors (Lipinski definition) is 2. The van der Waals surface area contributed by atoms with Crippen LogP contribution in [0.5, 0.6) is 5.75 Å². The number of hydrogen-bond acceptors (Lipinski definition) is 3. The maximum Gasteiger partial charge on any atom is 0.220 e. The predicted molar refractivity (Wildman–Crippen MR) is 75.2 cm³/mol.